The van der Waals surface area contributed by atoms with E-state index in [1.54, 1.807) is 11.8 Å². The minimum absolute atomic E-state index is 0.153. The van der Waals surface area contributed by atoms with E-state index in [-0.39, 0.29) is 11.3 Å². The Morgan fingerprint density at radius 1 is 1.18 bits per heavy atom. The number of carbonyl (C=O) groups is 1. The second kappa shape index (κ2) is 6.71. The maximum Gasteiger partial charge on any atom is 0.233 e. The van der Waals surface area contributed by atoms with E-state index in [4.69, 9.17) is 0 Å². The molecule has 3 nitrogen and oxygen atoms in total. The first-order valence-electron chi connectivity index (χ1n) is 7.70. The van der Waals surface area contributed by atoms with Crippen LogP contribution in [-0.4, -0.2) is 48.6 Å². The lowest BCUT2D eigenvalue weighted by Gasteiger charge is -2.26. The fourth-order valence-electron chi connectivity index (χ4n) is 2.98. The highest BCUT2D eigenvalue weighted by Gasteiger charge is 2.33. The Hall–Kier alpha value is -1.52. The summed E-state index contributed by atoms with van der Waals surface area (Å²) in [5.41, 5.74) is 1.26. The number of fused-ring (bicyclic) bond motifs is 1. The van der Waals surface area contributed by atoms with Crippen molar-refractivity contribution in [1.29, 1.82) is 0 Å². The van der Waals surface area contributed by atoms with Gasteiger partial charge in [0, 0.05) is 6.54 Å². The maximum atomic E-state index is 12.3. The molecule has 1 atom stereocenters. The number of rotatable bonds is 5. The Morgan fingerprint density at radius 2 is 1.95 bits per heavy atom. The van der Waals surface area contributed by atoms with Gasteiger partial charge < -0.3 is 9.80 Å². The average Bonchev–Trinajstić information content (AvgIpc) is 2.87. The molecule has 0 radical (unpaired) electrons. The first kappa shape index (κ1) is 15.4. The molecule has 0 aromatic heterocycles. The van der Waals surface area contributed by atoms with E-state index in [0.29, 0.717) is 5.75 Å². The summed E-state index contributed by atoms with van der Waals surface area (Å²) >= 11 is 1.75. The van der Waals surface area contributed by atoms with E-state index in [2.05, 4.69) is 66.4 Å². The average molecular weight is 314 g/mol. The molecule has 0 N–H and O–H groups in total. The van der Waals surface area contributed by atoms with Crippen LogP contribution >= 0.6 is 11.8 Å². The summed E-state index contributed by atoms with van der Waals surface area (Å²) in [5, 5.41) is 2.66. The van der Waals surface area contributed by atoms with Crippen LogP contribution in [0.2, 0.25) is 0 Å². The van der Waals surface area contributed by atoms with Gasteiger partial charge in [0.2, 0.25) is 5.91 Å². The molecule has 2 aromatic carbocycles. The molecule has 1 unspecified atom stereocenters. The molecule has 0 aliphatic carbocycles. The highest BCUT2D eigenvalue weighted by atomic mass is 32.2. The van der Waals surface area contributed by atoms with E-state index in [1.165, 1.54) is 16.3 Å². The predicted molar refractivity (Wildman–Crippen MR) is 94.0 cm³/mol. The third-order valence-corrected chi connectivity index (χ3v) is 5.30. The molecule has 3 rings (SSSR count). The zero-order valence-electron chi connectivity index (χ0n) is 13.2. The van der Waals surface area contributed by atoms with Crippen molar-refractivity contribution in [2.75, 3.05) is 32.9 Å². The molecule has 1 aliphatic heterocycles. The molecule has 4 heteroatoms. The Morgan fingerprint density at radius 3 is 2.77 bits per heavy atom. The second-order valence-corrected chi connectivity index (χ2v) is 7.04. The molecule has 116 valence electrons. The number of hydrogen-bond donors (Lipinski definition) is 0. The normalized spacial score (nSPS) is 18.6. The molecule has 1 aliphatic rings. The number of benzene rings is 2. The smallest absolute Gasteiger partial charge is 0.233 e. The lowest BCUT2D eigenvalue weighted by atomic mass is 10.0. The molecule has 1 heterocycles. The molecule has 22 heavy (non-hydrogen) atoms. The number of carbonyl (C=O) groups excluding carboxylic acids is 1. The van der Waals surface area contributed by atoms with Crippen LogP contribution in [0.25, 0.3) is 10.8 Å². The highest BCUT2D eigenvalue weighted by Crippen LogP contribution is 2.41. The van der Waals surface area contributed by atoms with Crippen LogP contribution in [0.4, 0.5) is 0 Å². The third-order valence-electron chi connectivity index (χ3n) is 4.06. The van der Waals surface area contributed by atoms with Gasteiger partial charge in [0.05, 0.1) is 5.75 Å². The van der Waals surface area contributed by atoms with Gasteiger partial charge in [-0.3, -0.25) is 4.79 Å². The Balaban J connectivity index is 1.86. The summed E-state index contributed by atoms with van der Waals surface area (Å²) in [5.74, 6) is 0.859. The van der Waals surface area contributed by atoms with Crippen LogP contribution in [0, 0.1) is 0 Å². The molecule has 1 saturated heterocycles. The fraction of sp³-hybridized carbons (Fsp3) is 0.389. The molecular formula is C18H22N2OS. The summed E-state index contributed by atoms with van der Waals surface area (Å²) in [7, 11) is 4.14. The monoisotopic (exact) mass is 314 g/mol. The van der Waals surface area contributed by atoms with Crippen molar-refractivity contribution in [1.82, 2.24) is 9.80 Å². The Bertz CT molecular complexity index is 666. The number of amides is 1. The maximum absolute atomic E-state index is 12.3. The second-order valence-electron chi connectivity index (χ2n) is 5.98. The molecule has 0 saturated carbocycles. The van der Waals surface area contributed by atoms with Crippen molar-refractivity contribution in [2.24, 2.45) is 0 Å². The molecular weight excluding hydrogens is 292 g/mol. The van der Waals surface area contributed by atoms with Crippen molar-refractivity contribution in [3.63, 3.8) is 0 Å². The highest BCUT2D eigenvalue weighted by molar-refractivity contribution is 8.00. The Kier molecular flexibility index (Phi) is 4.69. The van der Waals surface area contributed by atoms with Crippen LogP contribution in [0.15, 0.2) is 42.5 Å². The minimum Gasteiger partial charge on any atom is -0.326 e. The van der Waals surface area contributed by atoms with Gasteiger partial charge in [-0.2, -0.15) is 0 Å². The van der Waals surface area contributed by atoms with Crippen molar-refractivity contribution in [3.05, 3.63) is 48.0 Å². The zero-order chi connectivity index (χ0) is 15.5. The van der Waals surface area contributed by atoms with Gasteiger partial charge in [-0.25, -0.2) is 0 Å². The topological polar surface area (TPSA) is 23.6 Å². The Labute approximate surface area is 136 Å². The van der Waals surface area contributed by atoms with E-state index in [0.717, 1.165) is 19.5 Å². The van der Waals surface area contributed by atoms with Crippen molar-refractivity contribution in [2.45, 2.75) is 11.8 Å². The molecule has 0 bridgehead atoms. The number of nitrogens with zero attached hydrogens (tertiary/aromatic N) is 2. The summed E-state index contributed by atoms with van der Waals surface area (Å²) < 4.78 is 0. The van der Waals surface area contributed by atoms with Gasteiger partial charge in [-0.05, 0) is 43.4 Å². The lowest BCUT2D eigenvalue weighted by Crippen LogP contribution is -2.31. The molecule has 1 amide bonds. The van der Waals surface area contributed by atoms with Crippen LogP contribution in [-0.2, 0) is 4.79 Å². The van der Waals surface area contributed by atoms with Crippen LogP contribution in [0.1, 0.15) is 17.4 Å². The van der Waals surface area contributed by atoms with Gasteiger partial charge >= 0.3 is 0 Å². The lowest BCUT2D eigenvalue weighted by molar-refractivity contribution is -0.128. The van der Waals surface area contributed by atoms with E-state index in [9.17, 15) is 4.79 Å². The van der Waals surface area contributed by atoms with E-state index < -0.39 is 0 Å². The SMILES string of the molecule is CN(C)CCCN1C(=O)CSC1c1cccc2ccccc12. The van der Waals surface area contributed by atoms with Gasteiger partial charge in [0.25, 0.3) is 0 Å². The summed E-state index contributed by atoms with van der Waals surface area (Å²) in [6, 6.07) is 14.8. The number of thioether (sulfide) groups is 1. The quantitative estimate of drug-likeness (QED) is 0.845. The molecule has 1 fully saturated rings. The van der Waals surface area contributed by atoms with Gasteiger partial charge in [0.15, 0.2) is 0 Å². The molecule has 2 aromatic rings. The third kappa shape index (κ3) is 3.13. The van der Waals surface area contributed by atoms with Gasteiger partial charge in [0.1, 0.15) is 5.37 Å². The van der Waals surface area contributed by atoms with Crippen molar-refractivity contribution < 1.29 is 4.79 Å². The van der Waals surface area contributed by atoms with Crippen LogP contribution < -0.4 is 0 Å². The summed E-state index contributed by atoms with van der Waals surface area (Å²) in [6.07, 6.45) is 1.01. The standard InChI is InChI=1S/C18H22N2OS/c1-19(2)11-6-12-20-17(21)13-22-18(20)16-10-5-8-14-7-3-4-9-15(14)16/h3-5,7-10,18H,6,11-13H2,1-2H3. The molecule has 0 spiro atoms. The zero-order valence-corrected chi connectivity index (χ0v) is 14.0. The summed E-state index contributed by atoms with van der Waals surface area (Å²) in [6.45, 7) is 1.84. The van der Waals surface area contributed by atoms with Crippen LogP contribution in [0.3, 0.4) is 0 Å². The van der Waals surface area contributed by atoms with Crippen molar-refractivity contribution >= 4 is 28.4 Å². The number of hydrogen-bond acceptors (Lipinski definition) is 3. The predicted octanol–water partition coefficient (Wildman–Crippen LogP) is 3.37. The van der Waals surface area contributed by atoms with Gasteiger partial charge in [-0.1, -0.05) is 42.5 Å². The largest absolute Gasteiger partial charge is 0.326 e. The van der Waals surface area contributed by atoms with Gasteiger partial charge in [-0.15, -0.1) is 11.8 Å². The van der Waals surface area contributed by atoms with Crippen molar-refractivity contribution in [3.8, 4) is 0 Å². The van der Waals surface area contributed by atoms with E-state index >= 15 is 0 Å². The van der Waals surface area contributed by atoms with Crippen LogP contribution in [0.5, 0.6) is 0 Å². The first-order valence-corrected chi connectivity index (χ1v) is 8.75. The van der Waals surface area contributed by atoms with E-state index in [1.807, 2.05) is 0 Å². The minimum atomic E-state index is 0.153. The first-order chi connectivity index (χ1) is 10.7. The fourth-order valence-corrected chi connectivity index (χ4v) is 4.23. The summed E-state index contributed by atoms with van der Waals surface area (Å²) in [4.78, 5) is 16.5.